The molecular formula is C24H25ClN2O2S. The number of nitrogens with one attached hydrogen (secondary N) is 1. The van der Waals surface area contributed by atoms with Crippen LogP contribution >= 0.6 is 23.7 Å². The minimum atomic E-state index is -0.0739. The molecule has 4 nitrogen and oxygen atoms in total. The van der Waals surface area contributed by atoms with Crippen LogP contribution in [0.3, 0.4) is 0 Å². The maximum atomic E-state index is 12.4. The molecule has 1 unspecified atom stereocenters. The van der Waals surface area contributed by atoms with E-state index in [9.17, 15) is 9.90 Å². The lowest BCUT2D eigenvalue weighted by molar-refractivity contribution is 0.223. The van der Waals surface area contributed by atoms with Crippen molar-refractivity contribution >= 4 is 44.7 Å². The van der Waals surface area contributed by atoms with E-state index >= 15 is 0 Å². The highest BCUT2D eigenvalue weighted by Gasteiger charge is 2.26. The van der Waals surface area contributed by atoms with Crippen LogP contribution in [0.4, 0.5) is 0 Å². The van der Waals surface area contributed by atoms with Crippen molar-refractivity contribution in [3.63, 3.8) is 0 Å². The minimum absolute atomic E-state index is 0. The number of nitrogens with zero attached hydrogens (tertiary/aromatic N) is 1. The number of H-pyrrole nitrogens is 1. The van der Waals surface area contributed by atoms with E-state index in [0.717, 1.165) is 53.3 Å². The first kappa shape index (κ1) is 20.9. The van der Waals surface area contributed by atoms with Gasteiger partial charge in [-0.1, -0.05) is 32.0 Å². The Balaban J connectivity index is 0.00000218. The number of hydrogen-bond acceptors (Lipinski definition) is 4. The van der Waals surface area contributed by atoms with Gasteiger partial charge in [0.1, 0.15) is 10.4 Å². The Morgan fingerprint density at radius 2 is 1.87 bits per heavy atom. The van der Waals surface area contributed by atoms with Crippen LogP contribution in [-0.4, -0.2) is 34.1 Å². The monoisotopic (exact) mass is 440 g/mol. The second-order valence-corrected chi connectivity index (χ2v) is 8.68. The van der Waals surface area contributed by atoms with Gasteiger partial charge in [-0.15, -0.1) is 23.7 Å². The molecule has 0 fully saturated rings. The summed E-state index contributed by atoms with van der Waals surface area (Å²) in [6.07, 6.45) is 2.13. The van der Waals surface area contributed by atoms with Crippen LogP contribution in [0.25, 0.3) is 32.1 Å². The van der Waals surface area contributed by atoms with Gasteiger partial charge in [-0.05, 0) is 66.2 Å². The molecule has 2 aromatic heterocycles. The Morgan fingerprint density at radius 1 is 1.10 bits per heavy atom. The molecule has 6 heteroatoms. The second-order valence-electron chi connectivity index (χ2n) is 7.77. The number of halogens is 1. The standard InChI is InChI=1S/C24H24N2O2S.ClH/c1-3-26(4-2)17-12-14-5-6-15(11-16(14)13-17)21-20(27)8-7-19-22(21)18-9-10-29-23(18)24(28)25-19;/h5-11,17,27H,3-4,12-13H2,1-2H3,(H,25,28);1H. The summed E-state index contributed by atoms with van der Waals surface area (Å²) in [5.41, 5.74) is 5.26. The van der Waals surface area contributed by atoms with E-state index in [2.05, 4.69) is 41.9 Å². The Labute approximate surface area is 185 Å². The van der Waals surface area contributed by atoms with E-state index in [1.807, 2.05) is 11.4 Å². The highest BCUT2D eigenvalue weighted by atomic mass is 35.5. The van der Waals surface area contributed by atoms with E-state index in [-0.39, 0.29) is 23.7 Å². The molecule has 0 saturated heterocycles. The van der Waals surface area contributed by atoms with Crippen LogP contribution in [0.2, 0.25) is 0 Å². The molecule has 0 bridgehead atoms. The molecule has 156 valence electrons. The number of likely N-dealkylation sites (N-methyl/N-ethyl adjacent to an activating group) is 1. The Morgan fingerprint density at radius 3 is 2.63 bits per heavy atom. The van der Waals surface area contributed by atoms with Gasteiger partial charge in [0.25, 0.3) is 5.56 Å². The molecule has 2 aromatic carbocycles. The van der Waals surface area contributed by atoms with Crippen LogP contribution in [0.1, 0.15) is 25.0 Å². The molecule has 4 aromatic rings. The number of aromatic amines is 1. The summed E-state index contributed by atoms with van der Waals surface area (Å²) in [5, 5.41) is 14.6. The van der Waals surface area contributed by atoms with E-state index in [0.29, 0.717) is 10.7 Å². The average Bonchev–Trinajstić information content (AvgIpc) is 3.36. The lowest BCUT2D eigenvalue weighted by Gasteiger charge is -2.25. The first-order valence-electron chi connectivity index (χ1n) is 10.2. The number of thiophene rings is 1. The molecule has 0 radical (unpaired) electrons. The van der Waals surface area contributed by atoms with E-state index < -0.39 is 0 Å². The van der Waals surface area contributed by atoms with Crippen LogP contribution < -0.4 is 5.56 Å². The molecule has 0 amide bonds. The number of benzene rings is 2. The summed E-state index contributed by atoms with van der Waals surface area (Å²) >= 11 is 1.44. The van der Waals surface area contributed by atoms with Crippen molar-refractivity contribution in [3.05, 3.63) is 63.3 Å². The topological polar surface area (TPSA) is 56.3 Å². The van der Waals surface area contributed by atoms with Crippen molar-refractivity contribution in [2.75, 3.05) is 13.1 Å². The molecule has 1 aliphatic carbocycles. The van der Waals surface area contributed by atoms with Gasteiger partial charge in [-0.25, -0.2) is 0 Å². The van der Waals surface area contributed by atoms with Gasteiger partial charge in [-0.2, -0.15) is 0 Å². The van der Waals surface area contributed by atoms with E-state index in [1.165, 1.54) is 22.5 Å². The van der Waals surface area contributed by atoms with Crippen LogP contribution in [-0.2, 0) is 12.8 Å². The minimum Gasteiger partial charge on any atom is -0.507 e. The van der Waals surface area contributed by atoms with Crippen LogP contribution in [0.15, 0.2) is 46.6 Å². The number of rotatable bonds is 4. The van der Waals surface area contributed by atoms with Gasteiger partial charge in [0.15, 0.2) is 0 Å². The summed E-state index contributed by atoms with van der Waals surface area (Å²) in [7, 11) is 0. The molecule has 30 heavy (non-hydrogen) atoms. The lowest BCUT2D eigenvalue weighted by atomic mass is 9.95. The smallest absolute Gasteiger partial charge is 0.266 e. The van der Waals surface area contributed by atoms with Gasteiger partial charge in [0.2, 0.25) is 0 Å². The Bertz CT molecular complexity index is 1290. The number of fused-ring (bicyclic) bond motifs is 4. The van der Waals surface area contributed by atoms with Gasteiger partial charge < -0.3 is 15.0 Å². The predicted molar refractivity (Wildman–Crippen MR) is 128 cm³/mol. The van der Waals surface area contributed by atoms with Crippen molar-refractivity contribution in [3.8, 4) is 16.9 Å². The van der Waals surface area contributed by atoms with Crippen molar-refractivity contribution in [2.45, 2.75) is 32.7 Å². The number of phenols is 1. The maximum absolute atomic E-state index is 12.4. The van der Waals surface area contributed by atoms with Gasteiger partial charge in [0.05, 0.1) is 0 Å². The first-order valence-corrected chi connectivity index (χ1v) is 11.1. The fraction of sp³-hybridized carbons (Fsp3) is 0.292. The summed E-state index contributed by atoms with van der Waals surface area (Å²) in [5.74, 6) is 0.246. The zero-order chi connectivity index (χ0) is 20.1. The fourth-order valence-electron chi connectivity index (χ4n) is 4.88. The average molecular weight is 441 g/mol. The molecule has 2 N–H and O–H groups in total. The largest absolute Gasteiger partial charge is 0.507 e. The van der Waals surface area contributed by atoms with Crippen molar-refractivity contribution < 1.29 is 5.11 Å². The van der Waals surface area contributed by atoms with Gasteiger partial charge in [-0.3, -0.25) is 4.79 Å². The summed E-state index contributed by atoms with van der Waals surface area (Å²) in [6, 6.07) is 12.6. The third kappa shape index (κ3) is 3.22. The summed E-state index contributed by atoms with van der Waals surface area (Å²) < 4.78 is 0.701. The van der Waals surface area contributed by atoms with Crippen molar-refractivity contribution in [2.24, 2.45) is 0 Å². The fourth-order valence-corrected chi connectivity index (χ4v) is 5.67. The highest BCUT2D eigenvalue weighted by Crippen LogP contribution is 2.41. The highest BCUT2D eigenvalue weighted by molar-refractivity contribution is 7.17. The van der Waals surface area contributed by atoms with Crippen molar-refractivity contribution in [1.82, 2.24) is 9.88 Å². The number of aromatic hydroxyl groups is 1. The number of pyridine rings is 1. The zero-order valence-electron chi connectivity index (χ0n) is 17.1. The summed E-state index contributed by atoms with van der Waals surface area (Å²) in [4.78, 5) is 17.9. The zero-order valence-corrected chi connectivity index (χ0v) is 18.7. The maximum Gasteiger partial charge on any atom is 0.266 e. The van der Waals surface area contributed by atoms with Gasteiger partial charge >= 0.3 is 0 Å². The SMILES string of the molecule is CCN(CC)C1Cc2ccc(-c3c(O)ccc4[nH]c(=O)c5sccc5c34)cc2C1.Cl. The molecule has 5 rings (SSSR count). The Hall–Kier alpha value is -2.34. The number of phenolic OH excluding ortho intramolecular Hbond substituents is 1. The molecular weight excluding hydrogens is 416 g/mol. The molecule has 0 spiro atoms. The van der Waals surface area contributed by atoms with E-state index in [1.54, 1.807) is 12.1 Å². The van der Waals surface area contributed by atoms with E-state index in [4.69, 9.17) is 0 Å². The molecule has 1 aliphatic rings. The molecule has 1 atom stereocenters. The predicted octanol–water partition coefficient (Wildman–Crippen LogP) is 5.35. The Kier molecular flexibility index (Phi) is 5.62. The molecule has 0 saturated carbocycles. The normalized spacial score (nSPS) is 15.6. The first-order chi connectivity index (χ1) is 14.1. The van der Waals surface area contributed by atoms with Crippen LogP contribution in [0.5, 0.6) is 5.75 Å². The number of aromatic nitrogens is 1. The third-order valence-electron chi connectivity index (χ3n) is 6.31. The second kappa shape index (κ2) is 8.06. The molecule has 2 heterocycles. The number of hydrogen-bond donors (Lipinski definition) is 2. The third-order valence-corrected chi connectivity index (χ3v) is 7.22. The lowest BCUT2D eigenvalue weighted by Crippen LogP contribution is -2.35. The van der Waals surface area contributed by atoms with Gasteiger partial charge in [0, 0.05) is 27.9 Å². The quantitative estimate of drug-likeness (QED) is 0.450. The summed E-state index contributed by atoms with van der Waals surface area (Å²) in [6.45, 7) is 6.57. The molecule has 0 aliphatic heterocycles. The van der Waals surface area contributed by atoms with Crippen LogP contribution in [0, 0.1) is 0 Å². The van der Waals surface area contributed by atoms with Crippen molar-refractivity contribution in [1.29, 1.82) is 0 Å².